The zero-order valence-electron chi connectivity index (χ0n) is 15.4. The molecule has 1 heterocycles. The minimum absolute atomic E-state index is 0.0592. The van der Waals surface area contributed by atoms with Gasteiger partial charge in [-0.25, -0.2) is 4.79 Å². The molecule has 1 aromatic carbocycles. The quantitative estimate of drug-likeness (QED) is 0.273. The van der Waals surface area contributed by atoms with Crippen LogP contribution in [0.1, 0.15) is 25.3 Å². The van der Waals surface area contributed by atoms with E-state index in [0.29, 0.717) is 5.70 Å². The second-order valence-corrected chi connectivity index (χ2v) is 5.95. The van der Waals surface area contributed by atoms with E-state index >= 15 is 0 Å². The maximum absolute atomic E-state index is 12.7. The number of allylic oxidation sites excluding steroid dienone is 3. The predicted molar refractivity (Wildman–Crippen MR) is 96.2 cm³/mol. The highest BCUT2D eigenvalue weighted by Gasteiger charge is 2.35. The third-order valence-corrected chi connectivity index (χ3v) is 4.09. The summed E-state index contributed by atoms with van der Waals surface area (Å²) in [5.74, 6) is -2.04. The molecule has 0 fully saturated rings. The molecule has 29 heavy (non-hydrogen) atoms. The number of hydrogen-bond acceptors (Lipinski definition) is 13. The van der Waals surface area contributed by atoms with Crippen molar-refractivity contribution in [3.63, 3.8) is 0 Å². The highest BCUT2D eigenvalue weighted by Crippen LogP contribution is 2.40. The van der Waals surface area contributed by atoms with Crippen LogP contribution in [0.2, 0.25) is 0 Å². The highest BCUT2D eigenvalue weighted by atomic mass is 17.1. The molecule has 1 aliphatic rings. The predicted octanol–water partition coefficient (Wildman–Crippen LogP) is 1.43. The van der Waals surface area contributed by atoms with Gasteiger partial charge in [-0.05, 0) is 31.5 Å². The van der Waals surface area contributed by atoms with Gasteiger partial charge in [0.1, 0.15) is 13.2 Å². The van der Waals surface area contributed by atoms with Gasteiger partial charge in [0.2, 0.25) is 0 Å². The van der Waals surface area contributed by atoms with Gasteiger partial charge in [0.05, 0.1) is 22.9 Å². The molecule has 0 radical (unpaired) electrons. The summed E-state index contributed by atoms with van der Waals surface area (Å²) < 4.78 is 5.01. The van der Waals surface area contributed by atoms with E-state index in [1.807, 2.05) is 0 Å². The normalized spacial score (nSPS) is 16.8. The molecule has 1 aliphatic heterocycles. The SMILES string of the molecule is CC1=C(C(=O)OCCON([O-])O)[C@@H](c2cccc(N([O-])O)c2)C(N([O-])O)=C(C)N1. The summed E-state index contributed by atoms with van der Waals surface area (Å²) in [5.41, 5.74) is 0.353. The molecule has 0 saturated heterocycles. The summed E-state index contributed by atoms with van der Waals surface area (Å²) in [6.45, 7) is 2.21. The zero-order valence-corrected chi connectivity index (χ0v) is 15.4. The van der Waals surface area contributed by atoms with Crippen molar-refractivity contribution >= 4 is 11.7 Å². The van der Waals surface area contributed by atoms with E-state index in [4.69, 9.17) is 15.2 Å². The van der Waals surface area contributed by atoms with E-state index < -0.39 is 35.7 Å². The van der Waals surface area contributed by atoms with Crippen LogP contribution in [-0.4, -0.2) is 45.4 Å². The second kappa shape index (κ2) is 9.64. The van der Waals surface area contributed by atoms with Gasteiger partial charge < -0.3 is 41.3 Å². The molecule has 13 nitrogen and oxygen atoms in total. The van der Waals surface area contributed by atoms with Crippen molar-refractivity contribution in [3.8, 4) is 0 Å². The van der Waals surface area contributed by atoms with E-state index in [2.05, 4.69) is 10.2 Å². The molecule has 160 valence electrons. The standard InChI is InChI=1S/C16H19N4O9/c1-9-13(16(21)28-6-7-29-20(26)27)14(15(19(24)25)10(2)17-9)11-4-3-5-12(8-11)18(22)23/h3-5,8,14,17,22,24,26H,6-7H2,1-2H3/q-3/t14-/m1/s1. The first-order chi connectivity index (χ1) is 13.6. The summed E-state index contributed by atoms with van der Waals surface area (Å²) in [4.78, 5) is 16.8. The number of rotatable bonds is 8. The molecule has 1 atom stereocenters. The molecule has 13 heteroatoms. The van der Waals surface area contributed by atoms with Crippen molar-refractivity contribution in [3.05, 3.63) is 68.1 Å². The number of nitrogens with one attached hydrogen (secondary N) is 1. The number of dihydropyridines is 1. The second-order valence-electron chi connectivity index (χ2n) is 5.95. The molecular weight excluding hydrogens is 392 g/mol. The Morgan fingerprint density at radius 2 is 1.79 bits per heavy atom. The first-order valence-electron chi connectivity index (χ1n) is 8.20. The van der Waals surface area contributed by atoms with E-state index in [-0.39, 0.29) is 33.4 Å². The van der Waals surface area contributed by atoms with Crippen LogP contribution >= 0.6 is 0 Å². The Morgan fingerprint density at radius 3 is 2.38 bits per heavy atom. The average molecular weight is 411 g/mol. The number of hydroxylamine groups is 2. The van der Waals surface area contributed by atoms with Crippen molar-refractivity contribution in [2.45, 2.75) is 19.8 Å². The lowest BCUT2D eigenvalue weighted by Crippen LogP contribution is -2.34. The van der Waals surface area contributed by atoms with Gasteiger partial charge in [0.25, 0.3) is 0 Å². The smallest absolute Gasteiger partial charge is 0.336 e. The number of esters is 1. The highest BCUT2D eigenvalue weighted by molar-refractivity contribution is 5.92. The van der Waals surface area contributed by atoms with Crippen molar-refractivity contribution in [1.82, 2.24) is 15.9 Å². The van der Waals surface area contributed by atoms with Gasteiger partial charge in [-0.1, -0.05) is 12.1 Å². The average Bonchev–Trinajstić information content (AvgIpc) is 2.64. The van der Waals surface area contributed by atoms with Crippen LogP contribution in [0.4, 0.5) is 5.69 Å². The van der Waals surface area contributed by atoms with Crippen LogP contribution in [-0.2, 0) is 14.4 Å². The monoisotopic (exact) mass is 411 g/mol. The number of carbonyl (C=O) groups is 1. The molecule has 1 aromatic rings. The van der Waals surface area contributed by atoms with Gasteiger partial charge >= 0.3 is 5.97 Å². The number of carbonyl (C=O) groups excluding carboxylic acids is 1. The van der Waals surface area contributed by atoms with Crippen LogP contribution in [0.15, 0.2) is 46.9 Å². The van der Waals surface area contributed by atoms with Crippen LogP contribution in [0, 0.1) is 15.6 Å². The minimum atomic E-state index is -1.14. The first kappa shape index (κ1) is 22.5. The lowest BCUT2D eigenvalue weighted by atomic mass is 9.84. The summed E-state index contributed by atoms with van der Waals surface area (Å²) >= 11 is 0. The van der Waals surface area contributed by atoms with Crippen LogP contribution in [0.5, 0.6) is 0 Å². The summed E-state index contributed by atoms with van der Waals surface area (Å²) in [5, 5.41) is 61.7. The van der Waals surface area contributed by atoms with Gasteiger partial charge in [-0.3, -0.25) is 15.3 Å². The zero-order chi connectivity index (χ0) is 21.7. The Hall–Kier alpha value is -2.75. The third kappa shape index (κ3) is 5.41. The summed E-state index contributed by atoms with van der Waals surface area (Å²) in [7, 11) is 0. The van der Waals surface area contributed by atoms with Crippen molar-refractivity contribution < 1.29 is 30.0 Å². The third-order valence-electron chi connectivity index (χ3n) is 4.09. The maximum Gasteiger partial charge on any atom is 0.336 e. The number of hydrogen-bond donors (Lipinski definition) is 4. The number of anilines is 1. The van der Waals surface area contributed by atoms with Gasteiger partial charge in [0, 0.05) is 11.4 Å². The molecule has 0 saturated carbocycles. The summed E-state index contributed by atoms with van der Waals surface area (Å²) in [6, 6.07) is 5.45. The van der Waals surface area contributed by atoms with Gasteiger partial charge in [-0.2, -0.15) is 0 Å². The molecule has 0 aromatic heterocycles. The number of benzene rings is 1. The Morgan fingerprint density at radius 1 is 1.10 bits per heavy atom. The molecule has 0 unspecified atom stereocenters. The Labute approximate surface area is 164 Å². The lowest BCUT2D eigenvalue weighted by molar-refractivity contribution is -0.307. The minimum Gasteiger partial charge on any atom is -0.738 e. The Bertz CT molecular complexity index is 807. The molecule has 0 bridgehead atoms. The topological polar surface area (TPSA) is 187 Å². The van der Waals surface area contributed by atoms with Crippen molar-refractivity contribution in [2.75, 3.05) is 18.4 Å². The molecule has 0 amide bonds. The van der Waals surface area contributed by atoms with Gasteiger partial charge in [0.15, 0.2) is 0 Å². The first-order valence-corrected chi connectivity index (χ1v) is 8.20. The molecule has 2 rings (SSSR count). The van der Waals surface area contributed by atoms with Crippen LogP contribution in [0.3, 0.4) is 0 Å². The Balaban J connectivity index is 2.42. The largest absolute Gasteiger partial charge is 0.738 e. The van der Waals surface area contributed by atoms with Crippen molar-refractivity contribution in [2.24, 2.45) is 0 Å². The van der Waals surface area contributed by atoms with E-state index in [1.54, 1.807) is 0 Å². The van der Waals surface area contributed by atoms with Crippen LogP contribution in [0.25, 0.3) is 0 Å². The molecule has 4 N–H and O–H groups in total. The summed E-state index contributed by atoms with van der Waals surface area (Å²) in [6.07, 6.45) is 0. The van der Waals surface area contributed by atoms with E-state index in [1.165, 1.54) is 38.1 Å². The number of nitrogens with zero attached hydrogens (tertiary/aromatic N) is 3. The van der Waals surface area contributed by atoms with E-state index in [0.717, 1.165) is 0 Å². The maximum atomic E-state index is 12.7. The van der Waals surface area contributed by atoms with E-state index in [9.17, 15) is 25.6 Å². The van der Waals surface area contributed by atoms with Crippen molar-refractivity contribution in [1.29, 1.82) is 0 Å². The molecular formula is C16H19N4O9-3. The molecule has 0 spiro atoms. The van der Waals surface area contributed by atoms with Gasteiger partial charge in [-0.15, -0.1) is 5.39 Å². The fourth-order valence-corrected chi connectivity index (χ4v) is 2.98. The lowest BCUT2D eigenvalue weighted by Gasteiger charge is -2.38. The van der Waals surface area contributed by atoms with Crippen LogP contribution < -0.4 is 10.5 Å². The fraction of sp³-hybridized carbons (Fsp3) is 0.312. The fourth-order valence-electron chi connectivity index (χ4n) is 2.98. The molecule has 0 aliphatic carbocycles. The number of ether oxygens (including phenoxy) is 1. The Kier molecular flexibility index (Phi) is 7.49.